The lowest BCUT2D eigenvalue weighted by molar-refractivity contribution is 0.00356. The first-order valence-corrected chi connectivity index (χ1v) is 10.6. The zero-order chi connectivity index (χ0) is 22.2. The predicted octanol–water partition coefficient (Wildman–Crippen LogP) is 4.50. The zero-order valence-corrected chi connectivity index (χ0v) is 17.2. The molecule has 1 fully saturated rings. The van der Waals surface area contributed by atoms with Gasteiger partial charge in [-0.1, -0.05) is 18.9 Å². The Morgan fingerprint density at radius 2 is 1.78 bits per heavy atom. The first-order chi connectivity index (χ1) is 15.5. The number of amides is 1. The van der Waals surface area contributed by atoms with Gasteiger partial charge < -0.3 is 4.90 Å². The molecule has 1 aliphatic rings. The van der Waals surface area contributed by atoms with Crippen LogP contribution in [0.4, 0.5) is 13.2 Å². The molecule has 10 heteroatoms. The summed E-state index contributed by atoms with van der Waals surface area (Å²) in [5.41, 5.74) is 1.16. The van der Waals surface area contributed by atoms with Crippen LogP contribution in [-0.4, -0.2) is 54.5 Å². The summed E-state index contributed by atoms with van der Waals surface area (Å²) < 4.78 is 43.5. The van der Waals surface area contributed by atoms with E-state index in [9.17, 15) is 18.0 Å². The Morgan fingerprint density at radius 1 is 1.00 bits per heavy atom. The first-order valence-electron chi connectivity index (χ1n) is 10.6. The highest BCUT2D eigenvalue weighted by atomic mass is 19.3. The highest BCUT2D eigenvalue weighted by Crippen LogP contribution is 2.32. The Kier molecular flexibility index (Phi) is 5.28. The Labute approximate surface area is 181 Å². The van der Waals surface area contributed by atoms with Crippen LogP contribution in [0.3, 0.4) is 0 Å². The van der Waals surface area contributed by atoms with E-state index in [4.69, 9.17) is 0 Å². The van der Waals surface area contributed by atoms with Crippen molar-refractivity contribution < 1.29 is 18.0 Å². The van der Waals surface area contributed by atoms with E-state index in [2.05, 4.69) is 15.1 Å². The SMILES string of the molecule is O=C(c1cc2c(cn1)c(-c1ncc3ccccn13)nn2C(F)C(F)F)N1CCCCCC1. The number of halogens is 3. The number of likely N-dealkylation sites (tertiary alicyclic amines) is 1. The van der Waals surface area contributed by atoms with E-state index in [-0.39, 0.29) is 22.8 Å². The zero-order valence-electron chi connectivity index (χ0n) is 17.2. The maximum absolute atomic E-state index is 14.5. The second-order valence-corrected chi connectivity index (χ2v) is 7.87. The Hall–Kier alpha value is -3.43. The molecule has 166 valence electrons. The van der Waals surface area contributed by atoms with Gasteiger partial charge in [0.05, 0.1) is 17.2 Å². The minimum absolute atomic E-state index is 0.0775. The fourth-order valence-corrected chi connectivity index (χ4v) is 4.16. The van der Waals surface area contributed by atoms with Crippen molar-refractivity contribution in [2.45, 2.75) is 38.4 Å². The molecule has 1 atom stereocenters. The molecule has 0 spiro atoms. The van der Waals surface area contributed by atoms with Gasteiger partial charge in [0.15, 0.2) is 5.82 Å². The van der Waals surface area contributed by atoms with Crippen molar-refractivity contribution in [2.75, 3.05) is 13.1 Å². The van der Waals surface area contributed by atoms with Crippen molar-refractivity contribution >= 4 is 22.3 Å². The number of hydrogen-bond donors (Lipinski definition) is 0. The first kappa shape index (κ1) is 20.5. The summed E-state index contributed by atoms with van der Waals surface area (Å²) in [4.78, 5) is 23.3. The lowest BCUT2D eigenvalue weighted by Gasteiger charge is -2.19. The standard InChI is InChI=1S/C22H21F3N6O/c23-19(24)20(25)31-17-11-16(22(32)29-8-4-1-2-5-9-29)26-13-15(17)18(28-31)21-27-12-14-7-3-6-10-30(14)21/h3,6-7,10-13,19-20H,1-2,4-5,8-9H2. The largest absolute Gasteiger partial charge is 0.337 e. The molecule has 1 amide bonds. The number of nitrogens with zero attached hydrogens (tertiary/aromatic N) is 6. The number of aromatic nitrogens is 5. The van der Waals surface area contributed by atoms with Crippen LogP contribution in [0.2, 0.25) is 0 Å². The third kappa shape index (κ3) is 3.49. The maximum Gasteiger partial charge on any atom is 0.289 e. The quantitative estimate of drug-likeness (QED) is 0.467. The molecular weight excluding hydrogens is 421 g/mol. The number of imidazole rings is 1. The van der Waals surface area contributed by atoms with E-state index in [0.717, 1.165) is 31.2 Å². The van der Waals surface area contributed by atoms with E-state index in [1.807, 2.05) is 12.1 Å². The molecule has 1 aliphatic heterocycles. The monoisotopic (exact) mass is 442 g/mol. The van der Waals surface area contributed by atoms with Gasteiger partial charge in [-0.2, -0.15) is 5.10 Å². The van der Waals surface area contributed by atoms with Crippen molar-refractivity contribution in [2.24, 2.45) is 0 Å². The van der Waals surface area contributed by atoms with Crippen LogP contribution in [0.15, 0.2) is 42.9 Å². The molecule has 0 bridgehead atoms. The number of carbonyl (C=O) groups excluding carboxylic acids is 1. The summed E-state index contributed by atoms with van der Waals surface area (Å²) in [7, 11) is 0. The molecule has 0 N–H and O–H groups in total. The lowest BCUT2D eigenvalue weighted by atomic mass is 10.2. The van der Waals surface area contributed by atoms with Crippen molar-refractivity contribution in [1.29, 1.82) is 0 Å². The van der Waals surface area contributed by atoms with Crippen LogP contribution in [0.25, 0.3) is 27.9 Å². The summed E-state index contributed by atoms with van der Waals surface area (Å²) in [5, 5.41) is 4.49. The van der Waals surface area contributed by atoms with Gasteiger partial charge in [0.25, 0.3) is 18.6 Å². The Balaban J connectivity index is 1.64. The van der Waals surface area contributed by atoms with Crippen LogP contribution in [0.5, 0.6) is 0 Å². The molecule has 5 heterocycles. The van der Waals surface area contributed by atoms with E-state index in [1.54, 1.807) is 27.8 Å². The van der Waals surface area contributed by atoms with Crippen LogP contribution in [-0.2, 0) is 0 Å². The van der Waals surface area contributed by atoms with E-state index in [0.29, 0.717) is 29.0 Å². The summed E-state index contributed by atoms with van der Waals surface area (Å²) in [6, 6.07) is 6.83. The Morgan fingerprint density at radius 3 is 2.53 bits per heavy atom. The van der Waals surface area contributed by atoms with Crippen LogP contribution >= 0.6 is 0 Å². The van der Waals surface area contributed by atoms with Gasteiger partial charge in [0.1, 0.15) is 11.4 Å². The molecule has 5 rings (SSSR count). The second-order valence-electron chi connectivity index (χ2n) is 7.87. The van der Waals surface area contributed by atoms with E-state index < -0.39 is 12.7 Å². The van der Waals surface area contributed by atoms with E-state index in [1.165, 1.54) is 12.3 Å². The fraction of sp³-hybridized carbons (Fsp3) is 0.364. The summed E-state index contributed by atoms with van der Waals surface area (Å²) in [6.07, 6.45) is 2.74. The van der Waals surface area contributed by atoms with Gasteiger partial charge in [-0.05, 0) is 31.0 Å². The molecule has 0 saturated carbocycles. The van der Waals surface area contributed by atoms with Gasteiger partial charge in [0.2, 0.25) is 0 Å². The second kappa shape index (κ2) is 8.25. The maximum atomic E-state index is 14.5. The molecular formula is C22H21F3N6O. The molecule has 7 nitrogen and oxygen atoms in total. The van der Waals surface area contributed by atoms with Crippen LogP contribution in [0, 0.1) is 0 Å². The van der Waals surface area contributed by atoms with Crippen molar-refractivity contribution in [1.82, 2.24) is 29.0 Å². The summed E-state index contributed by atoms with van der Waals surface area (Å²) >= 11 is 0. The summed E-state index contributed by atoms with van der Waals surface area (Å²) in [5.74, 6) is 0.0843. The van der Waals surface area contributed by atoms with Gasteiger partial charge in [0, 0.05) is 30.9 Å². The average molecular weight is 442 g/mol. The fourth-order valence-electron chi connectivity index (χ4n) is 4.16. The molecule has 4 aromatic rings. The Bertz CT molecular complexity index is 1280. The molecule has 4 aromatic heterocycles. The van der Waals surface area contributed by atoms with Gasteiger partial charge in [-0.25, -0.2) is 22.8 Å². The third-order valence-corrected chi connectivity index (χ3v) is 5.80. The third-order valence-electron chi connectivity index (χ3n) is 5.80. The number of carbonyl (C=O) groups is 1. The van der Waals surface area contributed by atoms with E-state index >= 15 is 0 Å². The summed E-state index contributed by atoms with van der Waals surface area (Å²) in [6.45, 7) is 1.23. The minimum Gasteiger partial charge on any atom is -0.337 e. The van der Waals surface area contributed by atoms with Crippen molar-refractivity contribution in [3.8, 4) is 11.5 Å². The molecule has 1 saturated heterocycles. The molecule has 0 aromatic carbocycles. The smallest absolute Gasteiger partial charge is 0.289 e. The number of pyridine rings is 2. The highest BCUT2D eigenvalue weighted by Gasteiger charge is 2.28. The number of alkyl halides is 3. The molecule has 1 unspecified atom stereocenters. The van der Waals surface area contributed by atoms with Gasteiger partial charge in [-0.3, -0.25) is 14.2 Å². The highest BCUT2D eigenvalue weighted by molar-refractivity contribution is 5.98. The average Bonchev–Trinajstić information content (AvgIpc) is 3.28. The molecule has 32 heavy (non-hydrogen) atoms. The molecule has 0 aliphatic carbocycles. The van der Waals surface area contributed by atoms with Gasteiger partial charge >= 0.3 is 0 Å². The predicted molar refractivity (Wildman–Crippen MR) is 112 cm³/mol. The van der Waals surface area contributed by atoms with Crippen LogP contribution in [0.1, 0.15) is 42.5 Å². The van der Waals surface area contributed by atoms with Crippen molar-refractivity contribution in [3.05, 3.63) is 48.5 Å². The number of hydrogen-bond acceptors (Lipinski definition) is 4. The topological polar surface area (TPSA) is 68.3 Å². The van der Waals surface area contributed by atoms with Crippen molar-refractivity contribution in [3.63, 3.8) is 0 Å². The molecule has 0 radical (unpaired) electrons. The van der Waals surface area contributed by atoms with Gasteiger partial charge in [-0.15, -0.1) is 0 Å². The normalized spacial score (nSPS) is 16.1. The number of fused-ring (bicyclic) bond motifs is 2. The van der Waals surface area contributed by atoms with Crippen LogP contribution < -0.4 is 0 Å². The lowest BCUT2D eigenvalue weighted by Crippen LogP contribution is -2.32. The number of rotatable bonds is 4. The minimum atomic E-state index is -3.28.